The van der Waals surface area contributed by atoms with E-state index in [4.69, 9.17) is 4.74 Å². The Kier molecular flexibility index (Phi) is 6.69. The predicted molar refractivity (Wildman–Crippen MR) is 86.5 cm³/mol. The average Bonchev–Trinajstić information content (AvgIpc) is 2.50. The summed E-state index contributed by atoms with van der Waals surface area (Å²) in [6.45, 7) is 9.44. The van der Waals surface area contributed by atoms with E-state index in [1.54, 1.807) is 7.05 Å². The molecule has 0 aliphatic rings. The molecule has 1 aromatic rings. The summed E-state index contributed by atoms with van der Waals surface area (Å²) in [5.74, 6) is 0.948. The summed E-state index contributed by atoms with van der Waals surface area (Å²) in [5, 5.41) is 6.12. The van der Waals surface area contributed by atoms with Gasteiger partial charge in [-0.1, -0.05) is 19.1 Å². The first-order valence-corrected chi connectivity index (χ1v) is 7.59. The molecule has 0 saturated carbocycles. The summed E-state index contributed by atoms with van der Waals surface area (Å²) in [7, 11) is 1.67. The van der Waals surface area contributed by atoms with Crippen LogP contribution in [0.25, 0.3) is 0 Å². The molecule has 118 valence electrons. The molecule has 0 fully saturated rings. The van der Waals surface area contributed by atoms with Crippen molar-refractivity contribution in [1.82, 2.24) is 10.6 Å². The van der Waals surface area contributed by atoms with Crippen LogP contribution in [-0.2, 0) is 4.79 Å². The second-order valence-electron chi connectivity index (χ2n) is 5.98. The molecule has 0 aromatic heterocycles. The van der Waals surface area contributed by atoms with Crippen LogP contribution in [-0.4, -0.2) is 26.1 Å². The number of nitrogens with one attached hydrogen (secondary N) is 2. The Balaban J connectivity index is 2.55. The number of carbonyl (C=O) groups is 1. The maximum atomic E-state index is 11.8. The van der Waals surface area contributed by atoms with Crippen molar-refractivity contribution in [3.05, 3.63) is 29.8 Å². The number of rotatable bonds is 8. The van der Waals surface area contributed by atoms with Crippen molar-refractivity contribution in [3.8, 4) is 5.75 Å². The molecule has 0 aliphatic carbocycles. The van der Waals surface area contributed by atoms with Crippen LogP contribution in [0.2, 0.25) is 0 Å². The summed E-state index contributed by atoms with van der Waals surface area (Å²) >= 11 is 0. The summed E-state index contributed by atoms with van der Waals surface area (Å²) in [4.78, 5) is 11.8. The highest BCUT2D eigenvalue weighted by Gasteiger charge is 2.26. The second-order valence-corrected chi connectivity index (χ2v) is 5.98. The maximum Gasteiger partial charge on any atom is 0.226 e. The third kappa shape index (κ3) is 5.38. The molecule has 4 nitrogen and oxygen atoms in total. The van der Waals surface area contributed by atoms with Crippen LogP contribution in [0.5, 0.6) is 5.75 Å². The predicted octanol–water partition coefficient (Wildman–Crippen LogP) is 2.90. The zero-order valence-corrected chi connectivity index (χ0v) is 13.8. The van der Waals surface area contributed by atoms with Crippen LogP contribution < -0.4 is 15.4 Å². The molecule has 1 amide bonds. The monoisotopic (exact) mass is 292 g/mol. The smallest absolute Gasteiger partial charge is 0.226 e. The molecule has 21 heavy (non-hydrogen) atoms. The molecule has 4 heteroatoms. The van der Waals surface area contributed by atoms with Crippen LogP contribution in [0, 0.1) is 5.41 Å². The normalized spacial score (nSPS) is 12.8. The third-order valence-electron chi connectivity index (χ3n) is 3.54. The van der Waals surface area contributed by atoms with Crippen LogP contribution in [0.15, 0.2) is 24.3 Å². The minimum atomic E-state index is -0.423. The lowest BCUT2D eigenvalue weighted by atomic mass is 9.91. The van der Waals surface area contributed by atoms with Gasteiger partial charge in [-0.3, -0.25) is 4.79 Å². The largest absolute Gasteiger partial charge is 0.494 e. The lowest BCUT2D eigenvalue weighted by molar-refractivity contribution is -0.128. The maximum absolute atomic E-state index is 11.8. The fraction of sp³-hybridized carbons (Fsp3) is 0.588. The van der Waals surface area contributed by atoms with E-state index in [9.17, 15) is 4.79 Å². The van der Waals surface area contributed by atoms with Crippen molar-refractivity contribution in [1.29, 1.82) is 0 Å². The molecule has 0 spiro atoms. The van der Waals surface area contributed by atoms with Gasteiger partial charge in [0.25, 0.3) is 0 Å². The van der Waals surface area contributed by atoms with Gasteiger partial charge in [-0.25, -0.2) is 0 Å². The Hall–Kier alpha value is -1.55. The lowest BCUT2D eigenvalue weighted by Crippen LogP contribution is -2.42. The highest BCUT2D eigenvalue weighted by Crippen LogP contribution is 2.20. The minimum absolute atomic E-state index is 0.0468. The molecule has 1 unspecified atom stereocenters. The minimum Gasteiger partial charge on any atom is -0.494 e. The van der Waals surface area contributed by atoms with Gasteiger partial charge in [0.1, 0.15) is 5.75 Å². The van der Waals surface area contributed by atoms with Gasteiger partial charge >= 0.3 is 0 Å². The van der Waals surface area contributed by atoms with E-state index in [2.05, 4.69) is 36.6 Å². The van der Waals surface area contributed by atoms with E-state index in [1.807, 2.05) is 26.0 Å². The molecule has 2 N–H and O–H groups in total. The number of benzene rings is 1. The number of carbonyl (C=O) groups excluding carboxylic acids is 1. The molecule has 0 radical (unpaired) electrons. The molecule has 0 heterocycles. The molecule has 1 rings (SSSR count). The van der Waals surface area contributed by atoms with Crippen molar-refractivity contribution in [2.24, 2.45) is 5.41 Å². The van der Waals surface area contributed by atoms with E-state index in [1.165, 1.54) is 5.56 Å². The Morgan fingerprint density at radius 3 is 2.43 bits per heavy atom. The van der Waals surface area contributed by atoms with E-state index >= 15 is 0 Å². The van der Waals surface area contributed by atoms with Gasteiger partial charge in [-0.15, -0.1) is 0 Å². The molecular weight excluding hydrogens is 264 g/mol. The number of ether oxygens (including phenoxy) is 1. The van der Waals surface area contributed by atoms with Gasteiger partial charge in [0.05, 0.1) is 12.0 Å². The zero-order chi connectivity index (χ0) is 15.9. The Morgan fingerprint density at radius 2 is 1.90 bits per heavy atom. The highest BCUT2D eigenvalue weighted by molar-refractivity contribution is 5.81. The van der Waals surface area contributed by atoms with E-state index in [0.29, 0.717) is 6.54 Å². The molecule has 1 atom stereocenters. The number of hydrogen-bond acceptors (Lipinski definition) is 3. The summed E-state index contributed by atoms with van der Waals surface area (Å²) < 4.78 is 5.58. The van der Waals surface area contributed by atoms with Gasteiger partial charge in [-0.05, 0) is 44.9 Å². The van der Waals surface area contributed by atoms with Crippen molar-refractivity contribution in [3.63, 3.8) is 0 Å². The van der Waals surface area contributed by atoms with Crippen LogP contribution in [0.3, 0.4) is 0 Å². The van der Waals surface area contributed by atoms with Crippen LogP contribution in [0.1, 0.15) is 45.7 Å². The van der Waals surface area contributed by atoms with Gasteiger partial charge < -0.3 is 15.4 Å². The topological polar surface area (TPSA) is 50.4 Å². The van der Waals surface area contributed by atoms with E-state index < -0.39 is 5.41 Å². The van der Waals surface area contributed by atoms with Gasteiger partial charge in [0.2, 0.25) is 5.91 Å². The van der Waals surface area contributed by atoms with Gasteiger partial charge in [0, 0.05) is 19.6 Å². The quantitative estimate of drug-likeness (QED) is 0.774. The van der Waals surface area contributed by atoms with Crippen molar-refractivity contribution in [2.75, 3.05) is 20.2 Å². The van der Waals surface area contributed by atoms with Crippen molar-refractivity contribution >= 4 is 5.91 Å². The summed E-state index contributed by atoms with van der Waals surface area (Å²) in [6.07, 6.45) is 1.01. The summed E-state index contributed by atoms with van der Waals surface area (Å²) in [6, 6.07) is 8.31. The fourth-order valence-corrected chi connectivity index (χ4v) is 2.02. The molecule has 0 bridgehead atoms. The fourth-order valence-electron chi connectivity index (χ4n) is 2.02. The first kappa shape index (κ1) is 17.5. The van der Waals surface area contributed by atoms with Gasteiger partial charge in [-0.2, -0.15) is 0 Å². The molecule has 1 aromatic carbocycles. The standard InChI is InChI=1S/C17H28N2O2/c1-6-11-21-15-9-7-14(8-10-15)13(2)19-12-17(3,4)16(20)18-5/h7-10,13,19H,6,11-12H2,1-5H3,(H,18,20). The third-order valence-corrected chi connectivity index (χ3v) is 3.54. The molecular formula is C17H28N2O2. The second kappa shape index (κ2) is 8.03. The Labute approximate surface area is 128 Å². The average molecular weight is 292 g/mol. The van der Waals surface area contributed by atoms with Crippen molar-refractivity contribution < 1.29 is 9.53 Å². The first-order chi connectivity index (χ1) is 9.90. The first-order valence-electron chi connectivity index (χ1n) is 7.59. The molecule has 0 saturated heterocycles. The van der Waals surface area contributed by atoms with Crippen LogP contribution >= 0.6 is 0 Å². The van der Waals surface area contributed by atoms with E-state index in [0.717, 1.165) is 18.8 Å². The lowest BCUT2D eigenvalue weighted by Gasteiger charge is -2.25. The zero-order valence-electron chi connectivity index (χ0n) is 13.8. The van der Waals surface area contributed by atoms with Crippen molar-refractivity contribution in [2.45, 2.75) is 40.2 Å². The Bertz CT molecular complexity index is 441. The summed E-state index contributed by atoms with van der Waals surface area (Å²) in [5.41, 5.74) is 0.763. The number of amides is 1. The molecule has 0 aliphatic heterocycles. The highest BCUT2D eigenvalue weighted by atomic mass is 16.5. The Morgan fingerprint density at radius 1 is 1.29 bits per heavy atom. The SMILES string of the molecule is CCCOc1ccc(C(C)NCC(C)(C)C(=O)NC)cc1. The van der Waals surface area contributed by atoms with Gasteiger partial charge in [0.15, 0.2) is 0 Å². The van der Waals surface area contributed by atoms with E-state index in [-0.39, 0.29) is 11.9 Å². The van der Waals surface area contributed by atoms with Crippen LogP contribution in [0.4, 0.5) is 0 Å². The number of hydrogen-bond donors (Lipinski definition) is 2.